The largest absolute Gasteiger partial charge is 0.495 e. The van der Waals surface area contributed by atoms with Crippen molar-refractivity contribution in [3.63, 3.8) is 0 Å². The summed E-state index contributed by atoms with van der Waals surface area (Å²) in [5, 5.41) is 0. The van der Waals surface area contributed by atoms with Gasteiger partial charge in [-0.15, -0.1) is 0 Å². The molecule has 8 heteroatoms. The number of carbonyl (C=O) groups excluding carboxylic acids is 1. The van der Waals surface area contributed by atoms with E-state index >= 15 is 0 Å². The average Bonchev–Trinajstić information content (AvgIpc) is 2.60. The molecule has 1 fully saturated rings. The second-order valence-corrected chi connectivity index (χ2v) is 7.94. The van der Waals surface area contributed by atoms with E-state index in [0.29, 0.717) is 18.7 Å². The molecule has 1 aliphatic rings. The number of piperidine rings is 1. The van der Waals surface area contributed by atoms with Gasteiger partial charge in [-0.25, -0.2) is 13.1 Å². The number of hydrogen-bond donors (Lipinski definition) is 2. The first-order valence-corrected chi connectivity index (χ1v) is 9.45. The van der Waals surface area contributed by atoms with Crippen molar-refractivity contribution in [1.82, 2.24) is 9.62 Å². The molecule has 2 rings (SSSR count). The molecule has 7 nitrogen and oxygen atoms in total. The number of sulfonamides is 1. The third-order valence-corrected chi connectivity index (χ3v) is 5.89. The fourth-order valence-electron chi connectivity index (χ4n) is 2.94. The summed E-state index contributed by atoms with van der Waals surface area (Å²) in [6.45, 7) is 3.20. The molecule has 0 aliphatic carbocycles. The van der Waals surface area contributed by atoms with Crippen molar-refractivity contribution >= 4 is 15.9 Å². The van der Waals surface area contributed by atoms with Crippen LogP contribution in [-0.4, -0.2) is 52.5 Å². The number of amides is 1. The van der Waals surface area contributed by atoms with Crippen LogP contribution in [0.15, 0.2) is 23.1 Å². The quantitative estimate of drug-likeness (QED) is 0.813. The number of rotatable bonds is 5. The van der Waals surface area contributed by atoms with E-state index in [-0.39, 0.29) is 28.5 Å². The van der Waals surface area contributed by atoms with Crippen molar-refractivity contribution in [2.24, 2.45) is 11.7 Å². The number of carbonyl (C=O) groups is 1. The van der Waals surface area contributed by atoms with Crippen LogP contribution in [0, 0.1) is 5.92 Å². The van der Waals surface area contributed by atoms with Gasteiger partial charge >= 0.3 is 0 Å². The maximum absolute atomic E-state index is 12.8. The number of nitrogens with two attached hydrogens (primary N) is 1. The zero-order valence-corrected chi connectivity index (χ0v) is 15.1. The summed E-state index contributed by atoms with van der Waals surface area (Å²) in [7, 11) is -1.00. The van der Waals surface area contributed by atoms with E-state index in [1.807, 2.05) is 6.92 Å². The predicted octanol–water partition coefficient (Wildman–Crippen LogP) is 0.803. The molecule has 0 aromatic heterocycles. The molecule has 2 atom stereocenters. The number of ether oxygens (including phenoxy) is 1. The lowest BCUT2D eigenvalue weighted by molar-refractivity contribution is 0.0660. The topological polar surface area (TPSA) is 102 Å². The van der Waals surface area contributed by atoms with E-state index in [1.54, 1.807) is 11.0 Å². The van der Waals surface area contributed by atoms with Crippen LogP contribution >= 0.6 is 0 Å². The Labute approximate surface area is 143 Å². The minimum Gasteiger partial charge on any atom is -0.495 e. The van der Waals surface area contributed by atoms with Gasteiger partial charge in [-0.1, -0.05) is 0 Å². The van der Waals surface area contributed by atoms with Gasteiger partial charge in [-0.05, 0) is 50.9 Å². The van der Waals surface area contributed by atoms with Gasteiger partial charge in [0.15, 0.2) is 0 Å². The Morgan fingerprint density at radius 2 is 2.17 bits per heavy atom. The highest BCUT2D eigenvalue weighted by molar-refractivity contribution is 7.89. The highest BCUT2D eigenvalue weighted by Crippen LogP contribution is 2.26. The van der Waals surface area contributed by atoms with Crippen molar-refractivity contribution in [1.29, 1.82) is 0 Å². The molecule has 2 unspecified atom stereocenters. The number of hydrogen-bond acceptors (Lipinski definition) is 5. The van der Waals surface area contributed by atoms with Crippen LogP contribution in [0.1, 0.15) is 30.1 Å². The van der Waals surface area contributed by atoms with Crippen molar-refractivity contribution in [3.8, 4) is 5.75 Å². The fraction of sp³-hybridized carbons (Fsp3) is 0.562. The Morgan fingerprint density at radius 3 is 2.75 bits per heavy atom. The normalized spacial score (nSPS) is 19.8. The third kappa shape index (κ3) is 3.88. The summed E-state index contributed by atoms with van der Waals surface area (Å²) >= 11 is 0. The number of benzene rings is 1. The van der Waals surface area contributed by atoms with Crippen LogP contribution in [0.3, 0.4) is 0 Å². The van der Waals surface area contributed by atoms with Crippen LogP contribution in [0.25, 0.3) is 0 Å². The lowest BCUT2D eigenvalue weighted by Crippen LogP contribution is -2.45. The van der Waals surface area contributed by atoms with Crippen molar-refractivity contribution in [3.05, 3.63) is 23.8 Å². The lowest BCUT2D eigenvalue weighted by atomic mass is 9.92. The molecule has 1 aliphatic heterocycles. The van der Waals surface area contributed by atoms with E-state index < -0.39 is 10.0 Å². The second kappa shape index (κ2) is 7.50. The Hall–Kier alpha value is -1.64. The number of nitrogens with zero attached hydrogens (tertiary/aromatic N) is 1. The van der Waals surface area contributed by atoms with E-state index in [1.165, 1.54) is 26.3 Å². The molecule has 1 aromatic carbocycles. The first-order valence-electron chi connectivity index (χ1n) is 7.96. The molecule has 0 saturated carbocycles. The van der Waals surface area contributed by atoms with Gasteiger partial charge in [0.05, 0.1) is 7.11 Å². The zero-order valence-electron chi connectivity index (χ0n) is 14.3. The van der Waals surface area contributed by atoms with Gasteiger partial charge in [0.1, 0.15) is 10.6 Å². The third-order valence-electron chi connectivity index (χ3n) is 4.46. The van der Waals surface area contributed by atoms with Gasteiger partial charge in [0.25, 0.3) is 5.91 Å². The molecule has 24 heavy (non-hydrogen) atoms. The number of methoxy groups -OCH3 is 1. The first-order chi connectivity index (χ1) is 11.3. The molecule has 0 spiro atoms. The first kappa shape index (κ1) is 18.7. The van der Waals surface area contributed by atoms with E-state index in [9.17, 15) is 13.2 Å². The highest BCUT2D eigenvalue weighted by Gasteiger charge is 2.28. The van der Waals surface area contributed by atoms with E-state index in [4.69, 9.17) is 10.5 Å². The molecule has 3 N–H and O–H groups in total. The molecular weight excluding hydrogens is 330 g/mol. The molecular formula is C16H25N3O4S. The number of nitrogens with one attached hydrogen (secondary N) is 1. The summed E-state index contributed by atoms with van der Waals surface area (Å²) in [5.41, 5.74) is 6.29. The minimum atomic E-state index is -3.72. The zero-order chi connectivity index (χ0) is 17.9. The Kier molecular flexibility index (Phi) is 5.84. The lowest BCUT2D eigenvalue weighted by Gasteiger charge is -2.34. The van der Waals surface area contributed by atoms with Gasteiger partial charge in [-0.3, -0.25) is 4.79 Å². The van der Waals surface area contributed by atoms with Crippen molar-refractivity contribution < 1.29 is 17.9 Å². The van der Waals surface area contributed by atoms with Crippen molar-refractivity contribution in [2.45, 2.75) is 30.7 Å². The van der Waals surface area contributed by atoms with Crippen LogP contribution in [0.2, 0.25) is 0 Å². The Morgan fingerprint density at radius 1 is 1.46 bits per heavy atom. The van der Waals surface area contributed by atoms with Crippen LogP contribution in [-0.2, 0) is 10.0 Å². The average molecular weight is 355 g/mol. The molecule has 0 radical (unpaired) electrons. The summed E-state index contributed by atoms with van der Waals surface area (Å²) in [6, 6.07) is 4.48. The minimum absolute atomic E-state index is 0.0247. The SMILES string of the molecule is CNS(=O)(=O)c1cc(C(=O)N2CCCC(C(C)N)C2)ccc1OC. The second-order valence-electron chi connectivity index (χ2n) is 6.09. The van der Waals surface area contributed by atoms with Gasteiger partial charge in [0, 0.05) is 24.7 Å². The van der Waals surface area contributed by atoms with Crippen molar-refractivity contribution in [2.75, 3.05) is 27.2 Å². The maximum atomic E-state index is 12.8. The molecule has 0 bridgehead atoms. The maximum Gasteiger partial charge on any atom is 0.253 e. The van der Waals surface area contributed by atoms with Crippen LogP contribution in [0.4, 0.5) is 0 Å². The van der Waals surface area contributed by atoms with Crippen LogP contribution < -0.4 is 15.2 Å². The standard InChI is InChI=1S/C16H25N3O4S/c1-11(17)13-5-4-8-19(10-13)16(20)12-6-7-14(23-3)15(9-12)24(21,22)18-2/h6-7,9,11,13,18H,4-5,8,10,17H2,1-3H3. The predicted molar refractivity (Wildman–Crippen MR) is 91.5 cm³/mol. The summed E-state index contributed by atoms with van der Waals surface area (Å²) < 4.78 is 31.6. The Bertz CT molecular complexity index is 703. The molecule has 1 aromatic rings. The van der Waals surface area contributed by atoms with Gasteiger partial charge in [0.2, 0.25) is 10.0 Å². The Balaban J connectivity index is 2.32. The van der Waals surface area contributed by atoms with Crippen LogP contribution in [0.5, 0.6) is 5.75 Å². The number of likely N-dealkylation sites (tertiary alicyclic amines) is 1. The van der Waals surface area contributed by atoms with E-state index in [0.717, 1.165) is 12.8 Å². The summed E-state index contributed by atoms with van der Waals surface area (Å²) in [4.78, 5) is 14.5. The molecule has 1 heterocycles. The molecule has 1 saturated heterocycles. The molecule has 1 amide bonds. The molecule has 134 valence electrons. The van der Waals surface area contributed by atoms with E-state index in [2.05, 4.69) is 4.72 Å². The highest BCUT2D eigenvalue weighted by atomic mass is 32.2. The smallest absolute Gasteiger partial charge is 0.253 e. The van der Waals surface area contributed by atoms with Gasteiger partial charge < -0.3 is 15.4 Å². The fourth-order valence-corrected chi connectivity index (χ4v) is 3.85. The summed E-state index contributed by atoms with van der Waals surface area (Å²) in [5.74, 6) is 0.282. The summed E-state index contributed by atoms with van der Waals surface area (Å²) in [6.07, 6.45) is 1.90. The monoisotopic (exact) mass is 355 g/mol. The van der Waals surface area contributed by atoms with Gasteiger partial charge in [-0.2, -0.15) is 0 Å².